The average molecular weight is 1200 g/mol. The predicted molar refractivity (Wildman–Crippen MR) is 364 cm³/mol. The highest BCUT2D eigenvalue weighted by molar-refractivity contribution is 7.47. The van der Waals surface area contributed by atoms with Gasteiger partial charge >= 0.3 is 13.8 Å². The summed E-state index contributed by atoms with van der Waals surface area (Å²) in [6.07, 6.45) is 84.6. The lowest BCUT2D eigenvalue weighted by Crippen LogP contribution is -2.47. The minimum absolute atomic E-state index is 0.0314. The van der Waals surface area contributed by atoms with E-state index in [-0.39, 0.29) is 31.5 Å². The van der Waals surface area contributed by atoms with Crippen molar-refractivity contribution in [1.82, 2.24) is 5.32 Å². The Morgan fingerprint density at radius 2 is 0.762 bits per heavy atom. The van der Waals surface area contributed by atoms with Crippen molar-refractivity contribution in [3.63, 3.8) is 0 Å². The van der Waals surface area contributed by atoms with Crippen LogP contribution >= 0.6 is 7.82 Å². The molecule has 0 saturated heterocycles. The molecule has 488 valence electrons. The van der Waals surface area contributed by atoms with Crippen LogP contribution in [0.5, 0.6) is 0 Å². The van der Waals surface area contributed by atoms with Crippen molar-refractivity contribution >= 4 is 19.7 Å². The van der Waals surface area contributed by atoms with Gasteiger partial charge in [-0.05, 0) is 83.1 Å². The van der Waals surface area contributed by atoms with Crippen molar-refractivity contribution in [3.05, 3.63) is 85.1 Å². The second-order valence-corrected chi connectivity index (χ2v) is 26.5. The Kier molecular flexibility index (Phi) is 61.1. The number of nitrogens with zero attached hydrogens (tertiary/aromatic N) is 1. The number of esters is 1. The number of quaternary nitrogens is 1. The number of carbonyl (C=O) groups excluding carboxylic acids is 2. The van der Waals surface area contributed by atoms with E-state index in [4.69, 9.17) is 13.8 Å². The Bertz CT molecular complexity index is 1710. The zero-order valence-electron chi connectivity index (χ0n) is 55.9. The fourth-order valence-electron chi connectivity index (χ4n) is 10.2. The third-order valence-corrected chi connectivity index (χ3v) is 16.6. The highest BCUT2D eigenvalue weighted by Gasteiger charge is 2.30. The van der Waals surface area contributed by atoms with Crippen LogP contribution in [-0.4, -0.2) is 74.3 Å². The van der Waals surface area contributed by atoms with E-state index in [0.29, 0.717) is 23.9 Å². The smallest absolute Gasteiger partial charge is 0.456 e. The lowest BCUT2D eigenvalue weighted by Gasteiger charge is -2.27. The van der Waals surface area contributed by atoms with Crippen molar-refractivity contribution in [2.75, 3.05) is 40.9 Å². The van der Waals surface area contributed by atoms with Gasteiger partial charge in [0, 0.05) is 12.8 Å². The molecule has 2 N–H and O–H groups in total. The Labute approximate surface area is 520 Å². The molecule has 0 fully saturated rings. The first-order valence-electron chi connectivity index (χ1n) is 35.4. The number of hydrogen-bond donors (Lipinski definition) is 2. The quantitative estimate of drug-likeness (QED) is 0.0205. The Balaban J connectivity index is 5.12. The maximum atomic E-state index is 13.6. The van der Waals surface area contributed by atoms with E-state index in [9.17, 15) is 19.0 Å². The lowest BCUT2D eigenvalue weighted by atomic mass is 10.0. The van der Waals surface area contributed by atoms with Gasteiger partial charge in [-0.1, -0.05) is 312 Å². The van der Waals surface area contributed by atoms with Gasteiger partial charge in [-0.15, -0.1) is 0 Å². The summed E-state index contributed by atoms with van der Waals surface area (Å²) in [6, 6.07) is -0.869. The van der Waals surface area contributed by atoms with Crippen LogP contribution in [0.15, 0.2) is 85.1 Å². The van der Waals surface area contributed by atoms with E-state index >= 15 is 0 Å². The van der Waals surface area contributed by atoms with E-state index in [1.807, 2.05) is 33.3 Å². The Morgan fingerprint density at radius 3 is 1.15 bits per heavy atom. The zero-order chi connectivity index (χ0) is 61.4. The fraction of sp³-hybridized carbons (Fsp3) is 0.784. The second kappa shape index (κ2) is 63.2. The molecule has 0 aliphatic carbocycles. The average Bonchev–Trinajstić information content (AvgIpc) is 3.65. The standard InChI is InChI=1S/C74H135N2O7P/c1-7-10-13-16-19-22-25-28-30-32-34-36-37-38-39-41-42-44-46-48-51-54-57-60-63-66-73(77)75-71(70-82-84(79,80)81-69-68-76(4,5)6)72(65-62-59-56-53-50-27-24-21-18-15-12-9-3)83-74(78)67-64-61-58-55-52-49-47-45-43-40-35-33-31-29-26-23-20-17-14-11-8-2/h11,14,20,23,29,31,35,40,45,47,52,55,62,65,71-72H,7-10,12-13,15-19,21-22,24-28,30,32-34,36-39,41-44,46,48-51,53-54,56-61,63-64,66-70H2,1-6H3,(H-,75,77,79,80)/p+1/b14-11-,23-20-,31-29-,40-35-,47-45-,55-52-,65-62+. The summed E-state index contributed by atoms with van der Waals surface area (Å²) >= 11 is 0. The first-order valence-corrected chi connectivity index (χ1v) is 36.9. The number of hydrogen-bond acceptors (Lipinski definition) is 6. The number of amides is 1. The van der Waals surface area contributed by atoms with Crippen molar-refractivity contribution in [3.8, 4) is 0 Å². The molecule has 9 nitrogen and oxygen atoms in total. The molecule has 0 bridgehead atoms. The largest absolute Gasteiger partial charge is 0.472 e. The number of nitrogens with one attached hydrogen (secondary N) is 1. The highest BCUT2D eigenvalue weighted by Crippen LogP contribution is 2.43. The van der Waals surface area contributed by atoms with Crippen LogP contribution in [0.25, 0.3) is 0 Å². The molecule has 84 heavy (non-hydrogen) atoms. The summed E-state index contributed by atoms with van der Waals surface area (Å²) in [6.45, 7) is 6.90. The SMILES string of the molecule is CC/C=C\C/C=C\C/C=C\C/C=C\C/C=C\C/C=C\CCCCC(=O)OC(/C=C/CCCCCCCCCCCC)C(COP(=O)(O)OCC[N+](C)(C)C)NC(=O)CCCCCCCCCCCCCCCCCCCCCCCCCCC. The molecule has 0 rings (SSSR count). The molecule has 0 radical (unpaired) electrons. The predicted octanol–water partition coefficient (Wildman–Crippen LogP) is 22.5. The van der Waals surface area contributed by atoms with Crippen molar-refractivity contribution in [1.29, 1.82) is 0 Å². The Morgan fingerprint density at radius 1 is 0.429 bits per heavy atom. The summed E-state index contributed by atoms with van der Waals surface area (Å²) in [5.41, 5.74) is 0. The van der Waals surface area contributed by atoms with Crippen LogP contribution in [0.4, 0.5) is 0 Å². The molecule has 0 aliphatic heterocycles. The van der Waals surface area contributed by atoms with Gasteiger partial charge in [0.2, 0.25) is 5.91 Å². The molecule has 10 heteroatoms. The molecule has 0 aliphatic rings. The number of rotatable bonds is 64. The maximum absolute atomic E-state index is 13.6. The minimum Gasteiger partial charge on any atom is -0.456 e. The Hall–Kier alpha value is -2.81. The number of ether oxygens (including phenoxy) is 1. The molecule has 0 spiro atoms. The second-order valence-electron chi connectivity index (χ2n) is 25.0. The number of unbranched alkanes of at least 4 members (excludes halogenated alkanes) is 36. The molecular formula is C74H136N2O7P+. The summed E-state index contributed by atoms with van der Waals surface area (Å²) < 4.78 is 30.8. The van der Waals surface area contributed by atoms with Crippen LogP contribution in [0.2, 0.25) is 0 Å². The number of likely N-dealkylation sites (N-methyl/N-ethyl adjacent to an activating group) is 1. The van der Waals surface area contributed by atoms with Crippen LogP contribution in [0.1, 0.15) is 323 Å². The summed E-state index contributed by atoms with van der Waals surface area (Å²) in [5.74, 6) is -0.547. The third kappa shape index (κ3) is 63.7. The van der Waals surface area contributed by atoms with Crippen LogP contribution in [0.3, 0.4) is 0 Å². The number of phosphoric ester groups is 1. The zero-order valence-corrected chi connectivity index (χ0v) is 56.8. The first kappa shape index (κ1) is 81.2. The van der Waals surface area contributed by atoms with E-state index in [1.165, 1.54) is 193 Å². The summed E-state index contributed by atoms with van der Waals surface area (Å²) in [4.78, 5) is 37.9. The summed E-state index contributed by atoms with van der Waals surface area (Å²) in [5, 5.41) is 3.06. The number of phosphoric acid groups is 1. The van der Waals surface area contributed by atoms with Crippen LogP contribution in [0, 0.1) is 0 Å². The summed E-state index contributed by atoms with van der Waals surface area (Å²) in [7, 11) is 1.47. The van der Waals surface area contributed by atoms with Gasteiger partial charge in [-0.3, -0.25) is 18.6 Å². The van der Waals surface area contributed by atoms with Gasteiger partial charge in [-0.2, -0.15) is 0 Å². The molecule has 0 aromatic heterocycles. The van der Waals surface area contributed by atoms with Gasteiger partial charge in [0.1, 0.15) is 19.3 Å². The van der Waals surface area contributed by atoms with Gasteiger partial charge < -0.3 is 19.4 Å². The van der Waals surface area contributed by atoms with Crippen molar-refractivity contribution < 1.29 is 37.3 Å². The number of carbonyl (C=O) groups is 2. The van der Waals surface area contributed by atoms with Gasteiger partial charge in [-0.25, -0.2) is 4.57 Å². The molecule has 0 aromatic rings. The monoisotopic (exact) mass is 1200 g/mol. The van der Waals surface area contributed by atoms with Gasteiger partial charge in [0.15, 0.2) is 0 Å². The molecular weight excluding hydrogens is 1060 g/mol. The van der Waals surface area contributed by atoms with E-state index < -0.39 is 20.0 Å². The molecule has 1 amide bonds. The topological polar surface area (TPSA) is 111 Å². The minimum atomic E-state index is -4.47. The van der Waals surface area contributed by atoms with Crippen LogP contribution < -0.4 is 5.32 Å². The molecule has 0 saturated carbocycles. The van der Waals surface area contributed by atoms with Crippen molar-refractivity contribution in [2.45, 2.75) is 335 Å². The lowest BCUT2D eigenvalue weighted by molar-refractivity contribution is -0.870. The number of allylic oxidation sites excluding steroid dienone is 13. The van der Waals surface area contributed by atoms with E-state index in [1.54, 1.807) is 0 Å². The van der Waals surface area contributed by atoms with Gasteiger partial charge in [0.05, 0.1) is 33.8 Å². The van der Waals surface area contributed by atoms with E-state index in [0.717, 1.165) is 89.9 Å². The molecule has 0 heterocycles. The first-order chi connectivity index (χ1) is 40.9. The molecule has 0 aromatic carbocycles. The van der Waals surface area contributed by atoms with E-state index in [2.05, 4.69) is 99.0 Å². The highest BCUT2D eigenvalue weighted by atomic mass is 31.2. The normalized spacial score (nSPS) is 14.0. The molecule has 3 unspecified atom stereocenters. The molecule has 3 atom stereocenters. The maximum Gasteiger partial charge on any atom is 0.472 e. The van der Waals surface area contributed by atoms with Gasteiger partial charge in [0.25, 0.3) is 0 Å². The third-order valence-electron chi connectivity index (χ3n) is 15.6. The fourth-order valence-corrected chi connectivity index (χ4v) is 10.9. The van der Waals surface area contributed by atoms with Crippen LogP contribution in [-0.2, 0) is 27.9 Å². The van der Waals surface area contributed by atoms with Crippen molar-refractivity contribution in [2.24, 2.45) is 0 Å².